The summed E-state index contributed by atoms with van der Waals surface area (Å²) in [5.74, 6) is 0.228. The van der Waals surface area contributed by atoms with Gasteiger partial charge in [0.25, 0.3) is 5.91 Å². The first-order valence-corrected chi connectivity index (χ1v) is 10.9. The number of esters is 1. The van der Waals surface area contributed by atoms with Crippen molar-refractivity contribution in [1.82, 2.24) is 20.1 Å². The van der Waals surface area contributed by atoms with Gasteiger partial charge in [-0.2, -0.15) is 0 Å². The minimum Gasteiger partial charge on any atom is -0.497 e. The van der Waals surface area contributed by atoms with Crippen LogP contribution < -0.4 is 14.8 Å². The summed E-state index contributed by atoms with van der Waals surface area (Å²) in [5.41, 5.74) is 0.927. The van der Waals surface area contributed by atoms with Crippen molar-refractivity contribution in [2.24, 2.45) is 0 Å². The monoisotopic (exact) mass is 474 g/mol. The highest BCUT2D eigenvalue weighted by Crippen LogP contribution is 2.24. The topological polar surface area (TPSA) is 105 Å². The highest BCUT2D eigenvalue weighted by molar-refractivity contribution is 7.99. The van der Waals surface area contributed by atoms with Crippen molar-refractivity contribution >= 4 is 23.6 Å². The molecule has 2 aromatic carbocycles. The van der Waals surface area contributed by atoms with Crippen molar-refractivity contribution in [1.29, 1.82) is 0 Å². The minimum atomic E-state index is -0.394. The SMILES string of the molecule is CCOC(=O)CSc1nnc(CNC(=O)c2cc(OC)cc(OC)c2)n1-c1ccc(F)cc1. The van der Waals surface area contributed by atoms with Crippen molar-refractivity contribution < 1.29 is 28.2 Å². The molecular formula is C22H23FN4O5S. The number of carbonyl (C=O) groups is 2. The van der Waals surface area contributed by atoms with Crippen LogP contribution in [0.4, 0.5) is 4.39 Å². The fraction of sp³-hybridized carbons (Fsp3) is 0.273. The van der Waals surface area contributed by atoms with Gasteiger partial charge in [-0.15, -0.1) is 10.2 Å². The Morgan fingerprint density at radius 2 is 1.73 bits per heavy atom. The van der Waals surface area contributed by atoms with Crippen LogP contribution in [0.25, 0.3) is 5.69 Å². The van der Waals surface area contributed by atoms with Crippen LogP contribution in [0.5, 0.6) is 11.5 Å². The third-order valence-electron chi connectivity index (χ3n) is 4.43. The van der Waals surface area contributed by atoms with E-state index < -0.39 is 11.8 Å². The summed E-state index contributed by atoms with van der Waals surface area (Å²) in [6.07, 6.45) is 0. The summed E-state index contributed by atoms with van der Waals surface area (Å²) in [4.78, 5) is 24.5. The van der Waals surface area contributed by atoms with Crippen LogP contribution in [0.3, 0.4) is 0 Å². The Balaban J connectivity index is 1.83. The van der Waals surface area contributed by atoms with Gasteiger partial charge >= 0.3 is 5.97 Å². The summed E-state index contributed by atoms with van der Waals surface area (Å²) in [5, 5.41) is 11.5. The number of thioether (sulfide) groups is 1. The third kappa shape index (κ3) is 6.22. The van der Waals surface area contributed by atoms with Gasteiger partial charge in [-0.1, -0.05) is 11.8 Å². The summed E-state index contributed by atoms with van der Waals surface area (Å²) in [6.45, 7) is 2.03. The smallest absolute Gasteiger partial charge is 0.316 e. The molecule has 0 fully saturated rings. The van der Waals surface area contributed by atoms with Gasteiger partial charge in [0.1, 0.15) is 17.3 Å². The number of hydrogen-bond donors (Lipinski definition) is 1. The molecule has 174 valence electrons. The zero-order valence-electron chi connectivity index (χ0n) is 18.3. The lowest BCUT2D eigenvalue weighted by atomic mass is 10.2. The van der Waals surface area contributed by atoms with Crippen molar-refractivity contribution in [3.05, 3.63) is 59.7 Å². The van der Waals surface area contributed by atoms with Gasteiger partial charge in [-0.3, -0.25) is 14.2 Å². The Morgan fingerprint density at radius 3 is 2.33 bits per heavy atom. The van der Waals surface area contributed by atoms with Gasteiger partial charge in [0, 0.05) is 17.3 Å². The second-order valence-corrected chi connectivity index (χ2v) is 7.53. The van der Waals surface area contributed by atoms with Gasteiger partial charge in [-0.05, 0) is 43.3 Å². The van der Waals surface area contributed by atoms with Crippen LogP contribution in [0.1, 0.15) is 23.1 Å². The highest BCUT2D eigenvalue weighted by atomic mass is 32.2. The van der Waals surface area contributed by atoms with E-state index in [0.29, 0.717) is 33.7 Å². The maximum Gasteiger partial charge on any atom is 0.316 e. The maximum absolute atomic E-state index is 13.4. The number of hydrogen-bond acceptors (Lipinski definition) is 8. The minimum absolute atomic E-state index is 0.0305. The summed E-state index contributed by atoms with van der Waals surface area (Å²) in [6, 6.07) is 10.6. The van der Waals surface area contributed by atoms with E-state index in [2.05, 4.69) is 15.5 Å². The normalized spacial score (nSPS) is 10.5. The molecule has 1 aromatic heterocycles. The van der Waals surface area contributed by atoms with E-state index in [1.54, 1.807) is 41.8 Å². The number of rotatable bonds is 10. The molecule has 0 aliphatic carbocycles. The number of methoxy groups -OCH3 is 2. The number of aromatic nitrogens is 3. The molecule has 0 radical (unpaired) electrons. The second kappa shape index (κ2) is 11.3. The van der Waals surface area contributed by atoms with E-state index in [-0.39, 0.29) is 24.8 Å². The molecule has 1 amide bonds. The number of nitrogens with zero attached hydrogens (tertiary/aromatic N) is 3. The zero-order chi connectivity index (χ0) is 23.8. The lowest BCUT2D eigenvalue weighted by Crippen LogP contribution is -2.24. The molecule has 0 saturated carbocycles. The molecule has 0 bridgehead atoms. The van der Waals surface area contributed by atoms with Crippen LogP contribution in [0.2, 0.25) is 0 Å². The average Bonchev–Trinajstić information content (AvgIpc) is 3.24. The highest BCUT2D eigenvalue weighted by Gasteiger charge is 2.18. The quantitative estimate of drug-likeness (QED) is 0.353. The van der Waals surface area contributed by atoms with E-state index in [4.69, 9.17) is 14.2 Å². The van der Waals surface area contributed by atoms with Crippen molar-refractivity contribution in [2.45, 2.75) is 18.6 Å². The first kappa shape index (κ1) is 24.1. The van der Waals surface area contributed by atoms with Crippen molar-refractivity contribution in [2.75, 3.05) is 26.6 Å². The van der Waals surface area contributed by atoms with E-state index in [0.717, 1.165) is 11.8 Å². The van der Waals surface area contributed by atoms with E-state index in [9.17, 15) is 14.0 Å². The van der Waals surface area contributed by atoms with Crippen molar-refractivity contribution in [3.8, 4) is 17.2 Å². The van der Waals surface area contributed by atoms with Gasteiger partial charge in [0.05, 0.1) is 33.1 Å². The zero-order valence-corrected chi connectivity index (χ0v) is 19.1. The molecule has 0 saturated heterocycles. The molecule has 0 unspecified atom stereocenters. The largest absolute Gasteiger partial charge is 0.497 e. The third-order valence-corrected chi connectivity index (χ3v) is 5.33. The molecule has 0 aliphatic rings. The fourth-order valence-corrected chi connectivity index (χ4v) is 3.65. The van der Waals surface area contributed by atoms with E-state index in [1.807, 2.05) is 0 Å². The predicted molar refractivity (Wildman–Crippen MR) is 119 cm³/mol. The Labute approximate surface area is 194 Å². The lowest BCUT2D eigenvalue weighted by Gasteiger charge is -2.12. The number of amides is 1. The molecule has 3 aromatic rings. The number of halogens is 1. The number of ether oxygens (including phenoxy) is 3. The molecule has 3 rings (SSSR count). The van der Waals surface area contributed by atoms with Crippen molar-refractivity contribution in [3.63, 3.8) is 0 Å². The Hall–Kier alpha value is -3.60. The average molecular weight is 475 g/mol. The number of carbonyl (C=O) groups excluding carboxylic acids is 2. The first-order chi connectivity index (χ1) is 15.9. The Bertz CT molecular complexity index is 1100. The Kier molecular flexibility index (Phi) is 8.25. The van der Waals surface area contributed by atoms with Gasteiger partial charge in [0.15, 0.2) is 11.0 Å². The summed E-state index contributed by atoms with van der Waals surface area (Å²) < 4.78 is 30.5. The van der Waals surface area contributed by atoms with Crippen LogP contribution in [-0.4, -0.2) is 53.2 Å². The predicted octanol–water partition coefficient (Wildman–Crippen LogP) is 3.01. The first-order valence-electron chi connectivity index (χ1n) is 9.95. The molecule has 11 heteroatoms. The van der Waals surface area contributed by atoms with E-state index in [1.165, 1.54) is 26.4 Å². The summed E-state index contributed by atoms with van der Waals surface area (Å²) in [7, 11) is 2.99. The van der Waals surface area contributed by atoms with Gasteiger partial charge in [-0.25, -0.2) is 4.39 Å². The van der Waals surface area contributed by atoms with Gasteiger partial charge in [0.2, 0.25) is 0 Å². The van der Waals surface area contributed by atoms with Crippen LogP contribution in [0.15, 0.2) is 47.6 Å². The number of nitrogens with one attached hydrogen (secondary N) is 1. The Morgan fingerprint density at radius 1 is 1.06 bits per heavy atom. The van der Waals surface area contributed by atoms with Crippen LogP contribution in [-0.2, 0) is 16.1 Å². The molecule has 0 atom stereocenters. The molecule has 1 N–H and O–H groups in total. The maximum atomic E-state index is 13.4. The van der Waals surface area contributed by atoms with Crippen LogP contribution >= 0.6 is 11.8 Å². The molecule has 0 spiro atoms. The van der Waals surface area contributed by atoms with E-state index >= 15 is 0 Å². The lowest BCUT2D eigenvalue weighted by molar-refractivity contribution is -0.139. The molecule has 33 heavy (non-hydrogen) atoms. The standard InChI is InChI=1S/C22H23FN4O5S/c1-4-32-20(28)13-33-22-26-25-19(27(22)16-7-5-15(23)6-8-16)12-24-21(29)14-9-17(30-2)11-18(10-14)31-3/h5-11H,4,12-13H2,1-3H3,(H,24,29). The van der Waals surface area contributed by atoms with Crippen LogP contribution in [0, 0.1) is 5.82 Å². The van der Waals surface area contributed by atoms with Gasteiger partial charge < -0.3 is 19.5 Å². The molecule has 1 heterocycles. The summed E-state index contributed by atoms with van der Waals surface area (Å²) >= 11 is 1.13. The molecule has 9 nitrogen and oxygen atoms in total. The number of benzene rings is 2. The fourth-order valence-electron chi connectivity index (χ4n) is 2.88. The molecule has 0 aliphatic heterocycles. The second-order valence-electron chi connectivity index (χ2n) is 6.59. The molecular weight excluding hydrogens is 451 g/mol.